The molecule has 0 bridgehead atoms. The van der Waals surface area contributed by atoms with E-state index in [0.29, 0.717) is 12.2 Å². The van der Waals surface area contributed by atoms with E-state index >= 15 is 0 Å². The molecule has 1 saturated heterocycles. The molecule has 4 N–H and O–H groups in total. The number of hydrogen-bond donors (Lipinski definition) is 3. The molecular formula is C11H17N3O. The van der Waals surface area contributed by atoms with Crippen LogP contribution in [0.3, 0.4) is 0 Å². The highest BCUT2D eigenvalue weighted by Crippen LogP contribution is 2.16. The van der Waals surface area contributed by atoms with Crippen molar-refractivity contribution in [3.05, 3.63) is 23.9 Å². The van der Waals surface area contributed by atoms with Crippen molar-refractivity contribution in [3.63, 3.8) is 0 Å². The second-order valence-corrected chi connectivity index (χ2v) is 4.02. The summed E-state index contributed by atoms with van der Waals surface area (Å²) in [5, 5.41) is 13.3. The predicted octanol–water partition coefficient (Wildman–Crippen LogP) is 0.319. The van der Waals surface area contributed by atoms with E-state index in [1.54, 1.807) is 6.20 Å². The van der Waals surface area contributed by atoms with Crippen LogP contribution >= 0.6 is 0 Å². The van der Waals surface area contributed by atoms with Crippen LogP contribution in [0.4, 0.5) is 5.82 Å². The number of aromatic nitrogens is 1. The van der Waals surface area contributed by atoms with Crippen molar-refractivity contribution in [2.45, 2.75) is 31.4 Å². The van der Waals surface area contributed by atoms with Gasteiger partial charge in [0.1, 0.15) is 5.82 Å². The van der Waals surface area contributed by atoms with E-state index in [0.717, 1.165) is 24.9 Å². The number of nitrogen functional groups attached to an aromatic ring is 1. The van der Waals surface area contributed by atoms with E-state index in [9.17, 15) is 5.11 Å². The van der Waals surface area contributed by atoms with Gasteiger partial charge >= 0.3 is 0 Å². The van der Waals surface area contributed by atoms with Crippen molar-refractivity contribution in [1.82, 2.24) is 10.3 Å². The van der Waals surface area contributed by atoms with Crippen LogP contribution in [0.5, 0.6) is 0 Å². The maximum Gasteiger partial charge on any atom is 0.126 e. The highest BCUT2D eigenvalue weighted by Gasteiger charge is 2.23. The molecule has 1 aliphatic heterocycles. The lowest BCUT2D eigenvalue weighted by Gasteiger charge is -2.18. The fourth-order valence-corrected chi connectivity index (χ4v) is 2.03. The van der Waals surface area contributed by atoms with Gasteiger partial charge in [0, 0.05) is 18.7 Å². The molecular weight excluding hydrogens is 190 g/mol. The van der Waals surface area contributed by atoms with Crippen LogP contribution in [0.2, 0.25) is 0 Å². The van der Waals surface area contributed by atoms with E-state index < -0.39 is 0 Å². The SMILES string of the molecule is Nc1ncccc1CC(O)C1CCCN1. The van der Waals surface area contributed by atoms with Crippen molar-refractivity contribution < 1.29 is 5.11 Å². The minimum absolute atomic E-state index is 0.213. The third kappa shape index (κ3) is 2.46. The minimum Gasteiger partial charge on any atom is -0.391 e. The van der Waals surface area contributed by atoms with Gasteiger partial charge in [-0.05, 0) is 31.0 Å². The summed E-state index contributed by atoms with van der Waals surface area (Å²) in [6.07, 6.45) is 4.07. The highest BCUT2D eigenvalue weighted by molar-refractivity contribution is 5.38. The Bertz CT molecular complexity index is 323. The summed E-state index contributed by atoms with van der Waals surface area (Å²) in [5.74, 6) is 0.523. The first kappa shape index (κ1) is 10.4. The Balaban J connectivity index is 1.99. The fraction of sp³-hybridized carbons (Fsp3) is 0.545. The van der Waals surface area contributed by atoms with Gasteiger partial charge in [0.2, 0.25) is 0 Å². The standard InChI is InChI=1S/C11H17N3O/c12-11-8(3-1-6-14-11)7-10(15)9-4-2-5-13-9/h1,3,6,9-10,13,15H,2,4-5,7H2,(H2,12,14). The van der Waals surface area contributed by atoms with Crippen LogP contribution in [-0.2, 0) is 6.42 Å². The molecule has 1 fully saturated rings. The van der Waals surface area contributed by atoms with E-state index in [1.165, 1.54) is 0 Å². The van der Waals surface area contributed by atoms with E-state index in [-0.39, 0.29) is 12.1 Å². The van der Waals surface area contributed by atoms with E-state index in [2.05, 4.69) is 10.3 Å². The van der Waals surface area contributed by atoms with Crippen LogP contribution in [0.15, 0.2) is 18.3 Å². The number of pyridine rings is 1. The number of aliphatic hydroxyl groups is 1. The molecule has 0 amide bonds. The van der Waals surface area contributed by atoms with Crippen LogP contribution in [0, 0.1) is 0 Å². The molecule has 2 heterocycles. The molecule has 0 spiro atoms. The fourth-order valence-electron chi connectivity index (χ4n) is 2.03. The summed E-state index contributed by atoms with van der Waals surface area (Å²) < 4.78 is 0. The maximum atomic E-state index is 9.98. The summed E-state index contributed by atoms with van der Waals surface area (Å²) >= 11 is 0. The van der Waals surface area contributed by atoms with Crippen LogP contribution in [0.25, 0.3) is 0 Å². The van der Waals surface area contributed by atoms with Gasteiger partial charge in [-0.15, -0.1) is 0 Å². The molecule has 0 radical (unpaired) electrons. The molecule has 2 unspecified atom stereocenters. The second-order valence-electron chi connectivity index (χ2n) is 4.02. The zero-order valence-corrected chi connectivity index (χ0v) is 8.69. The molecule has 0 saturated carbocycles. The smallest absolute Gasteiger partial charge is 0.126 e. The first-order valence-electron chi connectivity index (χ1n) is 5.38. The van der Waals surface area contributed by atoms with Crippen LogP contribution in [-0.4, -0.2) is 28.8 Å². The Morgan fingerprint density at radius 1 is 1.67 bits per heavy atom. The van der Waals surface area contributed by atoms with Gasteiger partial charge in [-0.3, -0.25) is 0 Å². The second kappa shape index (κ2) is 4.59. The van der Waals surface area contributed by atoms with E-state index in [4.69, 9.17) is 5.73 Å². The van der Waals surface area contributed by atoms with Crippen molar-refractivity contribution in [1.29, 1.82) is 0 Å². The van der Waals surface area contributed by atoms with Gasteiger partial charge in [-0.2, -0.15) is 0 Å². The Kier molecular flexibility index (Phi) is 3.18. The Labute approximate surface area is 89.5 Å². The van der Waals surface area contributed by atoms with Crippen molar-refractivity contribution in [2.24, 2.45) is 0 Å². The Morgan fingerprint density at radius 2 is 2.53 bits per heavy atom. The number of nitrogens with two attached hydrogens (primary N) is 1. The van der Waals surface area contributed by atoms with Gasteiger partial charge in [-0.1, -0.05) is 6.07 Å². The topological polar surface area (TPSA) is 71.2 Å². The van der Waals surface area contributed by atoms with E-state index in [1.807, 2.05) is 12.1 Å². The number of aliphatic hydroxyl groups excluding tert-OH is 1. The molecule has 1 aliphatic rings. The maximum absolute atomic E-state index is 9.98. The van der Waals surface area contributed by atoms with Gasteiger partial charge in [0.25, 0.3) is 0 Å². The third-order valence-corrected chi connectivity index (χ3v) is 2.92. The molecule has 0 aliphatic carbocycles. The lowest BCUT2D eigenvalue weighted by molar-refractivity contribution is 0.136. The molecule has 4 nitrogen and oxygen atoms in total. The summed E-state index contributed by atoms with van der Waals surface area (Å²) in [4.78, 5) is 4.01. The average Bonchev–Trinajstić information content (AvgIpc) is 2.74. The summed E-state index contributed by atoms with van der Waals surface area (Å²) in [6.45, 7) is 1.00. The predicted molar refractivity (Wildman–Crippen MR) is 59.4 cm³/mol. The quantitative estimate of drug-likeness (QED) is 0.667. The first-order chi connectivity index (χ1) is 7.27. The normalized spacial score (nSPS) is 22.9. The monoisotopic (exact) mass is 207 g/mol. The molecule has 4 heteroatoms. The van der Waals surface area contributed by atoms with Crippen LogP contribution < -0.4 is 11.1 Å². The van der Waals surface area contributed by atoms with Gasteiger partial charge in [0.15, 0.2) is 0 Å². The molecule has 0 aromatic carbocycles. The summed E-state index contributed by atoms with van der Waals surface area (Å²) in [5.41, 5.74) is 6.65. The zero-order valence-electron chi connectivity index (χ0n) is 8.69. The van der Waals surface area contributed by atoms with Crippen LogP contribution in [0.1, 0.15) is 18.4 Å². The number of hydrogen-bond acceptors (Lipinski definition) is 4. The number of nitrogens with zero attached hydrogens (tertiary/aromatic N) is 1. The number of anilines is 1. The molecule has 82 valence electrons. The van der Waals surface area contributed by atoms with Crippen molar-refractivity contribution >= 4 is 5.82 Å². The zero-order chi connectivity index (χ0) is 10.7. The highest BCUT2D eigenvalue weighted by atomic mass is 16.3. The summed E-state index contributed by atoms with van der Waals surface area (Å²) in [6, 6.07) is 3.98. The summed E-state index contributed by atoms with van der Waals surface area (Å²) in [7, 11) is 0. The number of nitrogens with one attached hydrogen (secondary N) is 1. The molecule has 2 rings (SSSR count). The van der Waals surface area contributed by atoms with Gasteiger partial charge < -0.3 is 16.2 Å². The Morgan fingerprint density at radius 3 is 3.20 bits per heavy atom. The van der Waals surface area contributed by atoms with Crippen molar-refractivity contribution in [2.75, 3.05) is 12.3 Å². The first-order valence-corrected chi connectivity index (χ1v) is 5.38. The van der Waals surface area contributed by atoms with Crippen molar-refractivity contribution in [3.8, 4) is 0 Å². The molecule has 15 heavy (non-hydrogen) atoms. The molecule has 1 aromatic rings. The average molecular weight is 207 g/mol. The molecule has 2 atom stereocenters. The number of rotatable bonds is 3. The molecule has 1 aromatic heterocycles. The lowest BCUT2D eigenvalue weighted by Crippen LogP contribution is -2.36. The third-order valence-electron chi connectivity index (χ3n) is 2.92. The lowest BCUT2D eigenvalue weighted by atomic mass is 10.0. The Hall–Kier alpha value is -1.13. The van der Waals surface area contributed by atoms with Gasteiger partial charge in [-0.25, -0.2) is 4.98 Å². The van der Waals surface area contributed by atoms with Gasteiger partial charge in [0.05, 0.1) is 6.10 Å². The minimum atomic E-state index is -0.362. The largest absolute Gasteiger partial charge is 0.391 e.